The van der Waals surface area contributed by atoms with Gasteiger partial charge < -0.3 is 10.3 Å². The minimum atomic E-state index is 0.225. The Morgan fingerprint density at radius 1 is 1.25 bits per heavy atom. The monoisotopic (exact) mass is 277 g/mol. The van der Waals surface area contributed by atoms with Crippen LogP contribution >= 0.6 is 15.9 Å². The van der Waals surface area contributed by atoms with Crippen LogP contribution in [0.5, 0.6) is 0 Å². The quantitative estimate of drug-likeness (QED) is 0.841. The van der Waals surface area contributed by atoms with Crippen molar-refractivity contribution in [3.63, 3.8) is 0 Å². The van der Waals surface area contributed by atoms with Gasteiger partial charge in [-0.05, 0) is 17.7 Å². The van der Waals surface area contributed by atoms with Crippen molar-refractivity contribution in [1.82, 2.24) is 15.3 Å². The third kappa shape index (κ3) is 1.68. The van der Waals surface area contributed by atoms with Crippen molar-refractivity contribution in [3.05, 3.63) is 52.0 Å². The van der Waals surface area contributed by atoms with Crippen molar-refractivity contribution in [1.29, 1.82) is 0 Å². The Kier molecular flexibility index (Phi) is 2.53. The van der Waals surface area contributed by atoms with Crippen LogP contribution < -0.4 is 5.32 Å². The molecule has 0 fully saturated rings. The van der Waals surface area contributed by atoms with Crippen molar-refractivity contribution < 1.29 is 0 Å². The molecule has 1 unspecified atom stereocenters. The second-order valence-electron chi connectivity index (χ2n) is 3.96. The zero-order valence-corrected chi connectivity index (χ0v) is 10.3. The highest BCUT2D eigenvalue weighted by atomic mass is 79.9. The fraction of sp³-hybridized carbons (Fsp3) is 0.250. The summed E-state index contributed by atoms with van der Waals surface area (Å²) in [6.07, 6.45) is 2.81. The number of H-pyrrole nitrogens is 1. The van der Waals surface area contributed by atoms with Crippen molar-refractivity contribution in [2.75, 3.05) is 6.54 Å². The van der Waals surface area contributed by atoms with Gasteiger partial charge in [0.2, 0.25) is 0 Å². The van der Waals surface area contributed by atoms with Gasteiger partial charge in [0.05, 0.1) is 18.1 Å². The van der Waals surface area contributed by atoms with E-state index in [4.69, 9.17) is 0 Å². The first-order valence-electron chi connectivity index (χ1n) is 5.35. The largest absolute Gasteiger partial charge is 0.348 e. The standard InChI is InChI=1S/C12H12BrN3/c13-9-3-1-8(2-4-9)11-12-10(5-6-14-11)15-7-16-12/h1-4,7,11,14H,5-6H2,(H,15,16). The first-order valence-corrected chi connectivity index (χ1v) is 6.15. The number of nitrogens with one attached hydrogen (secondary N) is 2. The topological polar surface area (TPSA) is 40.7 Å². The maximum Gasteiger partial charge on any atom is 0.0926 e. The second-order valence-corrected chi connectivity index (χ2v) is 4.87. The average molecular weight is 278 g/mol. The molecule has 4 heteroatoms. The van der Waals surface area contributed by atoms with E-state index in [1.807, 2.05) is 0 Å². The van der Waals surface area contributed by atoms with Gasteiger partial charge in [-0.3, -0.25) is 0 Å². The van der Waals surface area contributed by atoms with Gasteiger partial charge in [0, 0.05) is 23.1 Å². The lowest BCUT2D eigenvalue weighted by atomic mass is 9.98. The first kappa shape index (κ1) is 10.1. The fourth-order valence-electron chi connectivity index (χ4n) is 2.15. The highest BCUT2D eigenvalue weighted by Crippen LogP contribution is 2.26. The van der Waals surface area contributed by atoms with E-state index < -0.39 is 0 Å². The predicted octanol–water partition coefficient (Wildman–Crippen LogP) is 2.41. The van der Waals surface area contributed by atoms with Gasteiger partial charge in [0.25, 0.3) is 0 Å². The predicted molar refractivity (Wildman–Crippen MR) is 66.3 cm³/mol. The maximum absolute atomic E-state index is 4.41. The van der Waals surface area contributed by atoms with Crippen LogP contribution in [0.2, 0.25) is 0 Å². The molecule has 3 nitrogen and oxygen atoms in total. The zero-order chi connectivity index (χ0) is 11.0. The summed E-state index contributed by atoms with van der Waals surface area (Å²) < 4.78 is 1.11. The molecule has 0 radical (unpaired) electrons. The van der Waals surface area contributed by atoms with E-state index >= 15 is 0 Å². The molecule has 0 bridgehead atoms. The number of hydrogen-bond donors (Lipinski definition) is 2. The summed E-state index contributed by atoms with van der Waals surface area (Å²) >= 11 is 3.45. The van der Waals surface area contributed by atoms with Crippen LogP contribution in [-0.2, 0) is 6.42 Å². The maximum atomic E-state index is 4.41. The molecule has 3 rings (SSSR count). The summed E-state index contributed by atoms with van der Waals surface area (Å²) in [6.45, 7) is 0.996. The van der Waals surface area contributed by atoms with E-state index in [1.54, 1.807) is 6.33 Å². The van der Waals surface area contributed by atoms with Crippen molar-refractivity contribution in [2.24, 2.45) is 0 Å². The Labute approximate surface area is 102 Å². The highest BCUT2D eigenvalue weighted by molar-refractivity contribution is 9.10. The van der Waals surface area contributed by atoms with Gasteiger partial charge in [-0.2, -0.15) is 0 Å². The van der Waals surface area contributed by atoms with Gasteiger partial charge in [-0.15, -0.1) is 0 Å². The molecule has 0 aliphatic carbocycles. The number of aromatic amines is 1. The second kappa shape index (κ2) is 4.03. The number of hydrogen-bond acceptors (Lipinski definition) is 2. The number of imidazole rings is 1. The summed E-state index contributed by atoms with van der Waals surface area (Å²) in [5.41, 5.74) is 3.65. The Morgan fingerprint density at radius 2 is 2.06 bits per heavy atom. The summed E-state index contributed by atoms with van der Waals surface area (Å²) in [5.74, 6) is 0. The number of fused-ring (bicyclic) bond motifs is 1. The first-order chi connectivity index (χ1) is 7.84. The van der Waals surface area contributed by atoms with E-state index in [9.17, 15) is 0 Å². The highest BCUT2D eigenvalue weighted by Gasteiger charge is 2.23. The fourth-order valence-corrected chi connectivity index (χ4v) is 2.41. The Balaban J connectivity index is 2.00. The van der Waals surface area contributed by atoms with Crippen LogP contribution in [-0.4, -0.2) is 16.5 Å². The number of nitrogens with zero attached hydrogens (tertiary/aromatic N) is 1. The summed E-state index contributed by atoms with van der Waals surface area (Å²) in [7, 11) is 0. The minimum Gasteiger partial charge on any atom is -0.348 e. The van der Waals surface area contributed by atoms with E-state index in [1.165, 1.54) is 11.3 Å². The van der Waals surface area contributed by atoms with Crippen LogP contribution in [0, 0.1) is 0 Å². The lowest BCUT2D eigenvalue weighted by Gasteiger charge is -2.23. The molecule has 2 N–H and O–H groups in total. The van der Waals surface area contributed by atoms with E-state index in [0.717, 1.165) is 23.1 Å². The molecule has 16 heavy (non-hydrogen) atoms. The van der Waals surface area contributed by atoms with E-state index in [2.05, 4.69) is 55.5 Å². The van der Waals surface area contributed by atoms with Crippen LogP contribution in [0.1, 0.15) is 23.0 Å². The number of aromatic nitrogens is 2. The van der Waals surface area contributed by atoms with Crippen LogP contribution in [0.15, 0.2) is 35.1 Å². The Hall–Kier alpha value is -1.13. The van der Waals surface area contributed by atoms with E-state index in [-0.39, 0.29) is 6.04 Å². The van der Waals surface area contributed by atoms with Gasteiger partial charge in [0.15, 0.2) is 0 Å². The Morgan fingerprint density at radius 3 is 2.88 bits per heavy atom. The minimum absolute atomic E-state index is 0.225. The molecule has 1 aromatic carbocycles. The average Bonchev–Trinajstić information content (AvgIpc) is 2.78. The van der Waals surface area contributed by atoms with Crippen LogP contribution in [0.4, 0.5) is 0 Å². The molecule has 1 aliphatic heterocycles. The lowest BCUT2D eigenvalue weighted by Crippen LogP contribution is -2.30. The molecular weight excluding hydrogens is 266 g/mol. The molecule has 2 aromatic rings. The number of rotatable bonds is 1. The van der Waals surface area contributed by atoms with E-state index in [0.29, 0.717) is 0 Å². The van der Waals surface area contributed by atoms with Gasteiger partial charge >= 0.3 is 0 Å². The molecule has 1 atom stereocenters. The molecule has 2 heterocycles. The molecule has 1 aliphatic rings. The van der Waals surface area contributed by atoms with Crippen molar-refractivity contribution in [3.8, 4) is 0 Å². The molecule has 0 saturated heterocycles. The lowest BCUT2D eigenvalue weighted by molar-refractivity contribution is 0.553. The molecule has 82 valence electrons. The van der Waals surface area contributed by atoms with Gasteiger partial charge in [-0.25, -0.2) is 4.98 Å². The van der Waals surface area contributed by atoms with Gasteiger partial charge in [-0.1, -0.05) is 28.1 Å². The third-order valence-electron chi connectivity index (χ3n) is 2.95. The Bertz CT molecular complexity index is 489. The smallest absolute Gasteiger partial charge is 0.0926 e. The summed E-state index contributed by atoms with van der Waals surface area (Å²) in [4.78, 5) is 7.62. The van der Waals surface area contributed by atoms with Crippen LogP contribution in [0.25, 0.3) is 0 Å². The number of halogens is 1. The number of benzene rings is 1. The summed E-state index contributed by atoms with van der Waals surface area (Å²) in [5, 5.41) is 3.50. The van der Waals surface area contributed by atoms with Gasteiger partial charge in [0.1, 0.15) is 0 Å². The molecule has 1 aromatic heterocycles. The van der Waals surface area contributed by atoms with Crippen molar-refractivity contribution >= 4 is 15.9 Å². The third-order valence-corrected chi connectivity index (χ3v) is 3.48. The van der Waals surface area contributed by atoms with Crippen molar-refractivity contribution in [2.45, 2.75) is 12.5 Å². The molecular formula is C12H12BrN3. The van der Waals surface area contributed by atoms with Crippen LogP contribution in [0.3, 0.4) is 0 Å². The normalized spacial score (nSPS) is 19.4. The molecule has 0 saturated carbocycles. The zero-order valence-electron chi connectivity index (χ0n) is 8.70. The SMILES string of the molecule is Brc1ccc(C2NCCc3[nH]cnc32)cc1. The molecule has 0 spiro atoms. The summed E-state index contributed by atoms with van der Waals surface area (Å²) in [6, 6.07) is 8.62. The molecule has 0 amide bonds.